The second kappa shape index (κ2) is 7.18. The average molecular weight is 325 g/mol. The molecule has 0 spiro atoms. The third-order valence-electron chi connectivity index (χ3n) is 4.85. The van der Waals surface area contributed by atoms with E-state index in [4.69, 9.17) is 0 Å². The molecule has 3 nitrogen and oxygen atoms in total. The van der Waals surface area contributed by atoms with Gasteiger partial charge in [-0.3, -0.25) is 4.79 Å². The van der Waals surface area contributed by atoms with E-state index in [0.29, 0.717) is 6.04 Å². The number of nitrogens with one attached hydrogen (secondary N) is 1. The van der Waals surface area contributed by atoms with Crippen molar-refractivity contribution in [2.24, 2.45) is 0 Å². The van der Waals surface area contributed by atoms with Gasteiger partial charge in [0.15, 0.2) is 0 Å². The number of amides is 1. The lowest BCUT2D eigenvalue weighted by atomic mass is 9.77. The number of carbonyl (C=O) groups excluding carboxylic acids is 1. The topological polar surface area (TPSA) is 29.1 Å². The SMILES string of the molecule is CC(=O)NC(CC(C)[N+](C)(C)C)(c1ccccc1)c1ccccc1. The number of rotatable bonds is 6. The largest absolute Gasteiger partial charge is 0.342 e. The van der Waals surface area contributed by atoms with Crippen molar-refractivity contribution in [1.82, 2.24) is 5.32 Å². The van der Waals surface area contributed by atoms with Gasteiger partial charge in [-0.25, -0.2) is 0 Å². The van der Waals surface area contributed by atoms with E-state index >= 15 is 0 Å². The van der Waals surface area contributed by atoms with Gasteiger partial charge in [0.05, 0.1) is 32.7 Å². The smallest absolute Gasteiger partial charge is 0.217 e. The zero-order valence-electron chi connectivity index (χ0n) is 15.4. The van der Waals surface area contributed by atoms with Gasteiger partial charge in [0, 0.05) is 13.3 Å². The Morgan fingerprint density at radius 1 is 0.958 bits per heavy atom. The molecule has 1 unspecified atom stereocenters. The van der Waals surface area contributed by atoms with E-state index in [1.807, 2.05) is 36.4 Å². The van der Waals surface area contributed by atoms with Crippen LogP contribution in [0.4, 0.5) is 0 Å². The predicted octanol–water partition coefficient (Wildman–Crippen LogP) is 3.55. The minimum Gasteiger partial charge on any atom is -0.342 e. The number of carbonyl (C=O) groups is 1. The lowest BCUT2D eigenvalue weighted by Gasteiger charge is -2.41. The van der Waals surface area contributed by atoms with Crippen LogP contribution >= 0.6 is 0 Å². The second-order valence-corrected chi connectivity index (χ2v) is 7.49. The van der Waals surface area contributed by atoms with E-state index in [0.717, 1.165) is 22.0 Å². The van der Waals surface area contributed by atoms with Crippen molar-refractivity contribution in [2.45, 2.75) is 31.8 Å². The van der Waals surface area contributed by atoms with Crippen LogP contribution in [-0.4, -0.2) is 37.6 Å². The van der Waals surface area contributed by atoms with Gasteiger partial charge in [-0.2, -0.15) is 0 Å². The Kier molecular flexibility index (Phi) is 5.45. The molecule has 0 saturated heterocycles. The second-order valence-electron chi connectivity index (χ2n) is 7.49. The number of quaternary nitrogens is 1. The first-order chi connectivity index (χ1) is 11.3. The average Bonchev–Trinajstić information content (AvgIpc) is 2.54. The molecule has 24 heavy (non-hydrogen) atoms. The Balaban J connectivity index is 2.62. The van der Waals surface area contributed by atoms with Crippen LogP contribution in [0.3, 0.4) is 0 Å². The molecular formula is C21H29N2O+. The predicted molar refractivity (Wildman–Crippen MR) is 99.6 cm³/mol. The van der Waals surface area contributed by atoms with Crippen molar-refractivity contribution in [3.63, 3.8) is 0 Å². The fourth-order valence-corrected chi connectivity index (χ4v) is 3.06. The Bertz CT molecular complexity index is 620. The van der Waals surface area contributed by atoms with Crippen LogP contribution in [0.25, 0.3) is 0 Å². The maximum Gasteiger partial charge on any atom is 0.217 e. The summed E-state index contributed by atoms with van der Waals surface area (Å²) in [5.41, 5.74) is 1.71. The Morgan fingerprint density at radius 2 is 1.38 bits per heavy atom. The highest BCUT2D eigenvalue weighted by atomic mass is 16.1. The quantitative estimate of drug-likeness (QED) is 0.809. The monoisotopic (exact) mass is 325 g/mol. The van der Waals surface area contributed by atoms with E-state index < -0.39 is 5.54 Å². The molecular weight excluding hydrogens is 296 g/mol. The van der Waals surface area contributed by atoms with Crippen LogP contribution in [-0.2, 0) is 10.3 Å². The van der Waals surface area contributed by atoms with Crippen molar-refractivity contribution in [1.29, 1.82) is 0 Å². The molecule has 1 N–H and O–H groups in total. The molecule has 1 amide bonds. The van der Waals surface area contributed by atoms with Gasteiger partial charge in [0.1, 0.15) is 0 Å². The number of hydrogen-bond donors (Lipinski definition) is 1. The summed E-state index contributed by atoms with van der Waals surface area (Å²) in [5.74, 6) is -0.0173. The number of hydrogen-bond acceptors (Lipinski definition) is 1. The van der Waals surface area contributed by atoms with E-state index in [1.54, 1.807) is 6.92 Å². The Morgan fingerprint density at radius 3 is 1.71 bits per heavy atom. The molecule has 0 heterocycles. The highest BCUT2D eigenvalue weighted by molar-refractivity contribution is 5.75. The van der Waals surface area contributed by atoms with Crippen molar-refractivity contribution in [3.8, 4) is 0 Å². The molecule has 0 aromatic heterocycles. The molecule has 2 aromatic carbocycles. The normalized spacial score (nSPS) is 13.4. The van der Waals surface area contributed by atoms with Gasteiger partial charge in [-0.1, -0.05) is 60.7 Å². The maximum absolute atomic E-state index is 12.1. The standard InChI is InChI=1S/C21H28N2O/c1-17(23(3,4)5)16-21(22-18(2)24,19-12-8-6-9-13-19)20-14-10-7-11-15-20/h6-15,17H,16H2,1-5H3/p+1. The van der Waals surface area contributed by atoms with Crippen LogP contribution in [0.5, 0.6) is 0 Å². The van der Waals surface area contributed by atoms with Gasteiger partial charge < -0.3 is 9.80 Å². The molecule has 3 heteroatoms. The minimum atomic E-state index is -0.528. The molecule has 0 saturated carbocycles. The van der Waals surface area contributed by atoms with Crippen molar-refractivity contribution < 1.29 is 9.28 Å². The molecule has 0 bridgehead atoms. The molecule has 0 aliphatic carbocycles. The fraction of sp³-hybridized carbons (Fsp3) is 0.381. The van der Waals surface area contributed by atoms with Crippen LogP contribution in [0.2, 0.25) is 0 Å². The number of nitrogens with zero attached hydrogens (tertiary/aromatic N) is 1. The van der Waals surface area contributed by atoms with Gasteiger partial charge in [-0.15, -0.1) is 0 Å². The summed E-state index contributed by atoms with van der Waals surface area (Å²) in [5, 5.41) is 3.28. The Labute approximate surface area is 145 Å². The summed E-state index contributed by atoms with van der Waals surface area (Å²) in [4.78, 5) is 12.1. The van der Waals surface area contributed by atoms with Crippen LogP contribution < -0.4 is 5.32 Å². The van der Waals surface area contributed by atoms with E-state index in [9.17, 15) is 4.79 Å². The maximum atomic E-state index is 12.1. The van der Waals surface area contributed by atoms with Gasteiger partial charge in [0.25, 0.3) is 0 Å². The number of benzene rings is 2. The summed E-state index contributed by atoms with van der Waals surface area (Å²) in [7, 11) is 6.58. The molecule has 2 rings (SSSR count). The summed E-state index contributed by atoms with van der Waals surface area (Å²) in [6, 6.07) is 20.9. The summed E-state index contributed by atoms with van der Waals surface area (Å²) in [6.07, 6.45) is 0.824. The third-order valence-corrected chi connectivity index (χ3v) is 4.85. The Hall–Kier alpha value is -2.13. The first-order valence-corrected chi connectivity index (χ1v) is 8.46. The van der Waals surface area contributed by atoms with E-state index in [-0.39, 0.29) is 5.91 Å². The summed E-state index contributed by atoms with van der Waals surface area (Å²) in [6.45, 7) is 3.83. The molecule has 0 radical (unpaired) electrons. The molecule has 1 atom stereocenters. The van der Waals surface area contributed by atoms with Crippen LogP contribution in [0.1, 0.15) is 31.4 Å². The van der Waals surface area contributed by atoms with Gasteiger partial charge in [0.2, 0.25) is 5.91 Å². The summed E-state index contributed by atoms with van der Waals surface area (Å²) < 4.78 is 0.834. The first kappa shape index (κ1) is 18.2. The third kappa shape index (κ3) is 4.04. The van der Waals surface area contributed by atoms with E-state index in [2.05, 4.69) is 57.6 Å². The van der Waals surface area contributed by atoms with Crippen molar-refractivity contribution in [2.75, 3.05) is 21.1 Å². The molecule has 0 fully saturated rings. The fourth-order valence-electron chi connectivity index (χ4n) is 3.06. The van der Waals surface area contributed by atoms with Crippen LogP contribution in [0, 0.1) is 0 Å². The molecule has 2 aromatic rings. The first-order valence-electron chi connectivity index (χ1n) is 8.46. The summed E-state index contributed by atoms with van der Waals surface area (Å²) >= 11 is 0. The van der Waals surface area contributed by atoms with Gasteiger partial charge in [-0.05, 0) is 18.1 Å². The van der Waals surface area contributed by atoms with Gasteiger partial charge >= 0.3 is 0 Å². The molecule has 0 aliphatic rings. The van der Waals surface area contributed by atoms with E-state index in [1.165, 1.54) is 0 Å². The zero-order chi connectivity index (χ0) is 17.8. The molecule has 128 valence electrons. The molecule has 0 aliphatic heterocycles. The van der Waals surface area contributed by atoms with Crippen molar-refractivity contribution >= 4 is 5.91 Å². The highest BCUT2D eigenvalue weighted by Crippen LogP contribution is 2.35. The minimum absolute atomic E-state index is 0.0173. The lowest BCUT2D eigenvalue weighted by Crippen LogP contribution is -2.53. The zero-order valence-corrected chi connectivity index (χ0v) is 15.4. The van der Waals surface area contributed by atoms with Crippen LogP contribution in [0.15, 0.2) is 60.7 Å². The van der Waals surface area contributed by atoms with Crippen molar-refractivity contribution in [3.05, 3.63) is 71.8 Å². The highest BCUT2D eigenvalue weighted by Gasteiger charge is 2.39. The lowest BCUT2D eigenvalue weighted by molar-refractivity contribution is -0.894.